The lowest BCUT2D eigenvalue weighted by Gasteiger charge is -2.36. The van der Waals surface area contributed by atoms with Crippen LogP contribution in [0.2, 0.25) is 0 Å². The fourth-order valence-corrected chi connectivity index (χ4v) is 3.66. The Morgan fingerprint density at radius 2 is 1.86 bits per heavy atom. The van der Waals surface area contributed by atoms with Gasteiger partial charge in [-0.15, -0.1) is 13.2 Å². The molecule has 1 amide bonds. The number of nitrogens with one attached hydrogen (secondary N) is 1. The van der Waals surface area contributed by atoms with Crippen molar-refractivity contribution in [2.75, 3.05) is 13.1 Å². The molecule has 1 aliphatic rings. The molecule has 2 rings (SSSR count). The molecule has 11 heteroatoms. The summed E-state index contributed by atoms with van der Waals surface area (Å²) in [5.74, 6) is -0.216. The molecule has 1 aliphatic heterocycles. The molecular weight excluding hydrogens is 399 g/mol. The zero-order valence-corrected chi connectivity index (χ0v) is 15.9. The van der Waals surface area contributed by atoms with Gasteiger partial charge < -0.3 is 10.1 Å². The van der Waals surface area contributed by atoms with Crippen molar-refractivity contribution in [3.8, 4) is 5.75 Å². The van der Waals surface area contributed by atoms with Crippen molar-refractivity contribution in [1.29, 1.82) is 0 Å². The molecule has 0 aromatic heterocycles. The molecule has 7 nitrogen and oxygen atoms in total. The fraction of sp³-hybridized carbons (Fsp3) is 0.412. The molecule has 0 unspecified atom stereocenters. The number of hydrogen-bond donors (Lipinski definition) is 1. The number of sulfonamides is 1. The van der Waals surface area contributed by atoms with E-state index in [1.54, 1.807) is 0 Å². The number of amidine groups is 1. The van der Waals surface area contributed by atoms with Crippen LogP contribution in [0.25, 0.3) is 0 Å². The minimum atomic E-state index is -4.80. The highest BCUT2D eigenvalue weighted by molar-refractivity contribution is 7.92. The Labute approximate surface area is 160 Å². The maximum absolute atomic E-state index is 12.3. The molecule has 0 atom stereocenters. The number of ether oxygens (including phenoxy) is 1. The molecule has 0 saturated carbocycles. The summed E-state index contributed by atoms with van der Waals surface area (Å²) < 4.78 is 65.6. The normalized spacial score (nSPS) is 18.4. The number of amides is 1. The first-order valence-electron chi connectivity index (χ1n) is 8.27. The number of benzene rings is 1. The largest absolute Gasteiger partial charge is 0.573 e. The number of carbonyl (C=O) groups is 1. The topological polar surface area (TPSA) is 88.1 Å². The average molecular weight is 419 g/mol. The molecule has 0 spiro atoms. The Balaban J connectivity index is 2.20. The van der Waals surface area contributed by atoms with Crippen molar-refractivity contribution in [2.24, 2.45) is 4.99 Å². The molecular formula is C17H20F3N3O4S. The van der Waals surface area contributed by atoms with Crippen LogP contribution in [-0.4, -0.2) is 50.0 Å². The van der Waals surface area contributed by atoms with Crippen LogP contribution in [-0.2, 0) is 14.8 Å². The highest BCUT2D eigenvalue weighted by Gasteiger charge is 2.34. The molecule has 1 saturated heterocycles. The SMILES string of the molecule is C=CS(=O)(=O)N1CCC(C)(N=C(NC=O)c2ccc(OC(F)(F)F)cc2)CC1. The first kappa shape index (κ1) is 21.9. The van der Waals surface area contributed by atoms with Crippen LogP contribution in [0.3, 0.4) is 0 Å². The zero-order chi connectivity index (χ0) is 21.0. The first-order chi connectivity index (χ1) is 13.0. The zero-order valence-electron chi connectivity index (χ0n) is 15.1. The van der Waals surface area contributed by atoms with Gasteiger partial charge in [0.2, 0.25) is 16.4 Å². The summed E-state index contributed by atoms with van der Waals surface area (Å²) in [6.07, 6.45) is -3.58. The summed E-state index contributed by atoms with van der Waals surface area (Å²) in [6.45, 7) is 5.59. The van der Waals surface area contributed by atoms with Gasteiger partial charge in [0, 0.05) is 24.1 Å². The van der Waals surface area contributed by atoms with Crippen molar-refractivity contribution < 1.29 is 31.1 Å². The minimum absolute atomic E-state index is 0.177. The van der Waals surface area contributed by atoms with E-state index in [1.807, 2.05) is 6.92 Å². The lowest BCUT2D eigenvalue weighted by Crippen LogP contribution is -2.44. The molecule has 0 radical (unpaired) electrons. The molecule has 28 heavy (non-hydrogen) atoms. The highest BCUT2D eigenvalue weighted by Crippen LogP contribution is 2.29. The molecule has 0 aliphatic carbocycles. The predicted molar refractivity (Wildman–Crippen MR) is 97.2 cm³/mol. The average Bonchev–Trinajstić information content (AvgIpc) is 2.61. The number of piperidine rings is 1. The summed E-state index contributed by atoms with van der Waals surface area (Å²) >= 11 is 0. The van der Waals surface area contributed by atoms with Gasteiger partial charge in [-0.25, -0.2) is 8.42 Å². The van der Waals surface area contributed by atoms with Gasteiger partial charge in [0.25, 0.3) is 0 Å². The van der Waals surface area contributed by atoms with Crippen LogP contribution in [0.4, 0.5) is 13.2 Å². The van der Waals surface area contributed by atoms with E-state index in [-0.39, 0.29) is 18.9 Å². The van der Waals surface area contributed by atoms with Gasteiger partial charge in [0.05, 0.1) is 5.54 Å². The van der Waals surface area contributed by atoms with E-state index >= 15 is 0 Å². The molecule has 1 fully saturated rings. The third-order valence-corrected chi connectivity index (χ3v) is 5.81. The Bertz CT molecular complexity index is 843. The van der Waals surface area contributed by atoms with Crippen LogP contribution >= 0.6 is 0 Å². The van der Waals surface area contributed by atoms with Crippen molar-refractivity contribution >= 4 is 22.3 Å². The molecule has 1 aromatic rings. The summed E-state index contributed by atoms with van der Waals surface area (Å²) in [5.41, 5.74) is -0.261. The maximum Gasteiger partial charge on any atom is 0.573 e. The molecule has 0 bridgehead atoms. The summed E-state index contributed by atoms with van der Waals surface area (Å²) in [4.78, 5) is 15.5. The second-order valence-electron chi connectivity index (χ2n) is 6.40. The van der Waals surface area contributed by atoms with E-state index in [0.29, 0.717) is 24.8 Å². The first-order valence-corrected chi connectivity index (χ1v) is 9.77. The lowest BCUT2D eigenvalue weighted by molar-refractivity contribution is -0.274. The van der Waals surface area contributed by atoms with Crippen molar-refractivity contribution in [3.63, 3.8) is 0 Å². The van der Waals surface area contributed by atoms with E-state index in [0.717, 1.165) is 17.5 Å². The van der Waals surface area contributed by atoms with Crippen LogP contribution in [0.5, 0.6) is 5.75 Å². The highest BCUT2D eigenvalue weighted by atomic mass is 32.2. The number of halogens is 3. The predicted octanol–water partition coefficient (Wildman–Crippen LogP) is 2.41. The summed E-state index contributed by atoms with van der Waals surface area (Å²) in [5, 5.41) is 3.34. The van der Waals surface area contributed by atoms with Crippen molar-refractivity contribution in [2.45, 2.75) is 31.7 Å². The van der Waals surface area contributed by atoms with Gasteiger partial charge in [0.15, 0.2) is 0 Å². The van der Waals surface area contributed by atoms with E-state index in [2.05, 4.69) is 21.6 Å². The Morgan fingerprint density at radius 3 is 2.32 bits per heavy atom. The third-order valence-electron chi connectivity index (χ3n) is 4.31. The molecule has 154 valence electrons. The van der Waals surface area contributed by atoms with Crippen molar-refractivity contribution in [1.82, 2.24) is 9.62 Å². The van der Waals surface area contributed by atoms with Crippen LogP contribution in [0, 0.1) is 0 Å². The number of nitrogens with zero attached hydrogens (tertiary/aromatic N) is 2. The van der Waals surface area contributed by atoms with Crippen LogP contribution in [0.1, 0.15) is 25.3 Å². The summed E-state index contributed by atoms with van der Waals surface area (Å²) in [7, 11) is -3.51. The van der Waals surface area contributed by atoms with Gasteiger partial charge in [0.1, 0.15) is 11.6 Å². The number of hydrogen-bond acceptors (Lipinski definition) is 5. The lowest BCUT2D eigenvalue weighted by atomic mass is 9.91. The molecule has 1 N–H and O–H groups in total. The third kappa shape index (κ3) is 5.80. The maximum atomic E-state index is 12.3. The number of rotatable bonds is 6. The van der Waals surface area contributed by atoms with Gasteiger partial charge in [-0.05, 0) is 44.0 Å². The minimum Gasteiger partial charge on any atom is -0.406 e. The standard InChI is InChI=1S/C17H20F3N3O4S/c1-3-28(25,26)23-10-8-16(2,9-11-23)22-15(21-12-24)13-4-6-14(7-5-13)27-17(18,19)20/h3-7,12H,1,8-11H2,2H3,(H,21,22,24). The van der Waals surface area contributed by atoms with Gasteiger partial charge in [-0.1, -0.05) is 6.58 Å². The quantitative estimate of drug-likeness (QED) is 0.436. The smallest absolute Gasteiger partial charge is 0.406 e. The Kier molecular flexibility index (Phi) is 6.50. The Hall–Kier alpha value is -2.40. The van der Waals surface area contributed by atoms with E-state index in [1.165, 1.54) is 16.4 Å². The number of alkyl halides is 3. The molecule has 1 aromatic carbocycles. The van der Waals surface area contributed by atoms with Gasteiger partial charge in [-0.3, -0.25) is 9.79 Å². The van der Waals surface area contributed by atoms with Gasteiger partial charge >= 0.3 is 6.36 Å². The number of aliphatic imine (C=N–C) groups is 1. The fourth-order valence-electron chi connectivity index (χ4n) is 2.76. The van der Waals surface area contributed by atoms with Gasteiger partial charge in [-0.2, -0.15) is 4.31 Å². The number of carbonyl (C=O) groups excluding carboxylic acids is 1. The Morgan fingerprint density at radius 1 is 1.29 bits per heavy atom. The van der Waals surface area contributed by atoms with Crippen LogP contribution < -0.4 is 10.1 Å². The van der Waals surface area contributed by atoms with E-state index < -0.39 is 27.7 Å². The second kappa shape index (κ2) is 8.31. The van der Waals surface area contributed by atoms with E-state index in [4.69, 9.17) is 0 Å². The summed E-state index contributed by atoms with van der Waals surface area (Å²) in [6, 6.07) is 4.92. The molecule has 1 heterocycles. The van der Waals surface area contributed by atoms with Crippen molar-refractivity contribution in [3.05, 3.63) is 41.8 Å². The monoisotopic (exact) mass is 419 g/mol. The van der Waals surface area contributed by atoms with Crippen LogP contribution in [0.15, 0.2) is 41.2 Å². The van der Waals surface area contributed by atoms with E-state index in [9.17, 15) is 26.4 Å². The second-order valence-corrected chi connectivity index (χ2v) is 8.28.